The van der Waals surface area contributed by atoms with Crippen LogP contribution in [0.15, 0.2) is 83.3 Å². The fourth-order valence-corrected chi connectivity index (χ4v) is 3.92. The lowest BCUT2D eigenvalue weighted by molar-refractivity contribution is -0.121. The number of rotatable bonds is 9. The molecule has 2 heterocycles. The summed E-state index contributed by atoms with van der Waals surface area (Å²) in [6.45, 7) is -0.372. The molecule has 5 rings (SSSR count). The number of nitrogens with zero attached hydrogens (tertiary/aromatic N) is 1. The molecule has 4 aromatic rings. The van der Waals surface area contributed by atoms with Crippen LogP contribution in [-0.4, -0.2) is 37.9 Å². The van der Waals surface area contributed by atoms with Gasteiger partial charge in [0.25, 0.3) is 11.8 Å². The van der Waals surface area contributed by atoms with Gasteiger partial charge in [0.2, 0.25) is 0 Å². The molecule has 39 heavy (non-hydrogen) atoms. The van der Waals surface area contributed by atoms with Crippen LogP contribution in [0.4, 0.5) is 15.8 Å². The molecule has 0 spiro atoms. The summed E-state index contributed by atoms with van der Waals surface area (Å²) in [6, 6.07) is 20.0. The Labute approximate surface area is 222 Å². The van der Waals surface area contributed by atoms with Gasteiger partial charge in [-0.15, -0.1) is 0 Å². The van der Waals surface area contributed by atoms with Crippen molar-refractivity contribution in [2.24, 2.45) is 0 Å². The molecule has 0 fully saturated rings. The van der Waals surface area contributed by atoms with E-state index in [4.69, 9.17) is 18.6 Å². The Bertz CT molecular complexity index is 1510. The predicted octanol–water partition coefficient (Wildman–Crippen LogP) is 4.87. The highest BCUT2D eigenvalue weighted by atomic mass is 19.1. The molecule has 3 aromatic carbocycles. The maximum Gasteiger partial charge on any atom is 0.291 e. The lowest BCUT2D eigenvalue weighted by Gasteiger charge is -2.29. The van der Waals surface area contributed by atoms with Crippen molar-refractivity contribution >= 4 is 29.0 Å². The Morgan fingerprint density at radius 3 is 2.46 bits per heavy atom. The second-order valence-electron chi connectivity index (χ2n) is 8.57. The van der Waals surface area contributed by atoms with E-state index in [1.54, 1.807) is 55.6 Å². The average Bonchev–Trinajstić information content (AvgIpc) is 3.43. The van der Waals surface area contributed by atoms with E-state index in [9.17, 15) is 18.8 Å². The van der Waals surface area contributed by atoms with Gasteiger partial charge in [-0.2, -0.15) is 0 Å². The summed E-state index contributed by atoms with van der Waals surface area (Å²) in [4.78, 5) is 39.5. The van der Waals surface area contributed by atoms with Crippen molar-refractivity contribution < 1.29 is 37.4 Å². The van der Waals surface area contributed by atoms with Crippen molar-refractivity contribution in [3.8, 4) is 17.2 Å². The molecule has 198 valence electrons. The Hall–Kier alpha value is -5.12. The first-order chi connectivity index (χ1) is 18.9. The topological polar surface area (TPSA) is 107 Å². The Morgan fingerprint density at radius 2 is 1.72 bits per heavy atom. The minimum absolute atomic E-state index is 0.0129. The van der Waals surface area contributed by atoms with Gasteiger partial charge in [-0.1, -0.05) is 0 Å². The summed E-state index contributed by atoms with van der Waals surface area (Å²) < 4.78 is 35.0. The maximum atomic E-state index is 13.1. The molecule has 1 aliphatic rings. The summed E-state index contributed by atoms with van der Waals surface area (Å²) >= 11 is 0. The number of carbonyl (C=O) groups excluding carboxylic acids is 3. The molecular weight excluding hydrogens is 507 g/mol. The van der Waals surface area contributed by atoms with Crippen LogP contribution in [0.3, 0.4) is 0 Å². The SMILES string of the molecule is COc1ccc(OCC(=O)c2ccc3c(c2)N(Cc2ccc(C(=O)Nc4ccc(F)cc4)o2)C(=O)CO3)cc1. The maximum absolute atomic E-state index is 13.1. The molecule has 1 aromatic heterocycles. The number of anilines is 2. The zero-order valence-corrected chi connectivity index (χ0v) is 20.8. The second-order valence-corrected chi connectivity index (χ2v) is 8.57. The lowest BCUT2D eigenvalue weighted by Crippen LogP contribution is -2.38. The van der Waals surface area contributed by atoms with Crippen LogP contribution >= 0.6 is 0 Å². The van der Waals surface area contributed by atoms with Gasteiger partial charge < -0.3 is 23.9 Å². The normalized spacial score (nSPS) is 12.4. The number of fused-ring (bicyclic) bond motifs is 1. The summed E-state index contributed by atoms with van der Waals surface area (Å²) in [5.74, 6) is 0.423. The zero-order chi connectivity index (χ0) is 27.4. The van der Waals surface area contributed by atoms with Gasteiger partial charge in [0.05, 0.1) is 19.3 Å². The van der Waals surface area contributed by atoms with Gasteiger partial charge in [0.15, 0.2) is 24.8 Å². The molecule has 0 bridgehead atoms. The monoisotopic (exact) mass is 530 g/mol. The summed E-state index contributed by atoms with van der Waals surface area (Å²) in [6.07, 6.45) is 0. The van der Waals surface area contributed by atoms with E-state index in [0.717, 1.165) is 0 Å². The number of hydrogen-bond acceptors (Lipinski definition) is 7. The van der Waals surface area contributed by atoms with Gasteiger partial charge in [-0.25, -0.2) is 4.39 Å². The molecule has 0 aliphatic carbocycles. The highest BCUT2D eigenvalue weighted by Crippen LogP contribution is 2.34. The van der Waals surface area contributed by atoms with E-state index in [0.29, 0.717) is 39.9 Å². The van der Waals surface area contributed by atoms with Gasteiger partial charge in [-0.3, -0.25) is 19.3 Å². The zero-order valence-electron chi connectivity index (χ0n) is 20.8. The van der Waals surface area contributed by atoms with Gasteiger partial charge >= 0.3 is 0 Å². The number of amides is 2. The summed E-state index contributed by atoms with van der Waals surface area (Å²) in [5, 5.41) is 2.62. The van der Waals surface area contributed by atoms with Crippen LogP contribution in [0.2, 0.25) is 0 Å². The number of halogens is 1. The van der Waals surface area contributed by atoms with Gasteiger partial charge in [-0.05, 0) is 78.9 Å². The standard InChI is InChI=1S/C29H23FN2O7/c1-36-21-7-9-22(10-8-21)37-16-25(33)18-2-12-26-24(14-18)32(28(34)17-38-26)15-23-11-13-27(39-23)29(35)31-20-5-3-19(30)4-6-20/h2-14H,15-17H2,1H3,(H,31,35). The molecular formula is C29H23FN2O7. The van der Waals surface area contributed by atoms with Crippen LogP contribution < -0.4 is 24.4 Å². The quantitative estimate of drug-likeness (QED) is 0.308. The number of methoxy groups -OCH3 is 1. The van der Waals surface area contributed by atoms with Crippen LogP contribution in [0.25, 0.3) is 0 Å². The van der Waals surface area contributed by atoms with E-state index in [1.807, 2.05) is 0 Å². The predicted molar refractivity (Wildman–Crippen MR) is 139 cm³/mol. The molecule has 1 aliphatic heterocycles. The fourth-order valence-electron chi connectivity index (χ4n) is 3.92. The molecule has 1 N–H and O–H groups in total. The number of benzene rings is 3. The largest absolute Gasteiger partial charge is 0.497 e. The Kier molecular flexibility index (Phi) is 7.26. The lowest BCUT2D eigenvalue weighted by atomic mass is 10.1. The molecule has 2 amide bonds. The molecule has 0 saturated carbocycles. The van der Waals surface area contributed by atoms with Crippen molar-refractivity contribution in [2.45, 2.75) is 6.54 Å². The third kappa shape index (κ3) is 5.90. The van der Waals surface area contributed by atoms with Gasteiger partial charge in [0, 0.05) is 11.3 Å². The third-order valence-electron chi connectivity index (χ3n) is 5.95. The van der Waals surface area contributed by atoms with E-state index in [2.05, 4.69) is 5.32 Å². The van der Waals surface area contributed by atoms with E-state index in [1.165, 1.54) is 35.2 Å². The average molecular weight is 531 g/mol. The van der Waals surface area contributed by atoms with Crippen LogP contribution in [0, 0.1) is 5.82 Å². The fraction of sp³-hybridized carbons (Fsp3) is 0.138. The van der Waals surface area contributed by atoms with Crippen molar-refractivity contribution in [1.29, 1.82) is 0 Å². The second kappa shape index (κ2) is 11.1. The van der Waals surface area contributed by atoms with E-state index < -0.39 is 11.7 Å². The highest BCUT2D eigenvalue weighted by molar-refractivity contribution is 6.03. The number of nitrogens with one attached hydrogen (secondary N) is 1. The Morgan fingerprint density at radius 1 is 0.974 bits per heavy atom. The van der Waals surface area contributed by atoms with Crippen molar-refractivity contribution in [3.05, 3.63) is 102 Å². The highest BCUT2D eigenvalue weighted by Gasteiger charge is 2.28. The van der Waals surface area contributed by atoms with E-state index >= 15 is 0 Å². The summed E-state index contributed by atoms with van der Waals surface area (Å²) in [7, 11) is 1.56. The molecule has 0 unspecified atom stereocenters. The van der Waals surface area contributed by atoms with Crippen molar-refractivity contribution in [1.82, 2.24) is 0 Å². The minimum atomic E-state index is -0.522. The van der Waals surface area contributed by atoms with Gasteiger partial charge in [0.1, 0.15) is 28.8 Å². The van der Waals surface area contributed by atoms with Crippen LogP contribution in [0.1, 0.15) is 26.7 Å². The molecule has 0 saturated heterocycles. The number of hydrogen-bond donors (Lipinski definition) is 1. The summed E-state index contributed by atoms with van der Waals surface area (Å²) in [5.41, 5.74) is 1.14. The first-order valence-electron chi connectivity index (χ1n) is 11.9. The van der Waals surface area contributed by atoms with Crippen molar-refractivity contribution in [3.63, 3.8) is 0 Å². The van der Waals surface area contributed by atoms with E-state index in [-0.39, 0.29) is 37.2 Å². The first kappa shape index (κ1) is 25.5. The number of ether oxygens (including phenoxy) is 3. The molecule has 9 nitrogen and oxygen atoms in total. The third-order valence-corrected chi connectivity index (χ3v) is 5.95. The Balaban J connectivity index is 1.28. The van der Waals surface area contributed by atoms with Crippen molar-refractivity contribution in [2.75, 3.05) is 30.5 Å². The molecule has 10 heteroatoms. The number of carbonyl (C=O) groups is 3. The van der Waals surface area contributed by atoms with Crippen LogP contribution in [0.5, 0.6) is 17.2 Å². The molecule has 0 radical (unpaired) electrons. The minimum Gasteiger partial charge on any atom is -0.497 e. The number of furan rings is 1. The van der Waals surface area contributed by atoms with Crippen LogP contribution in [-0.2, 0) is 11.3 Å². The molecule has 0 atom stereocenters. The smallest absolute Gasteiger partial charge is 0.291 e. The number of Topliss-reactive ketones (excluding diaryl/α,β-unsaturated/α-hetero) is 1. The number of ketones is 1. The first-order valence-corrected chi connectivity index (χ1v) is 11.9.